The summed E-state index contributed by atoms with van der Waals surface area (Å²) >= 11 is 0. The van der Waals surface area contributed by atoms with E-state index >= 15 is 0 Å². The lowest BCUT2D eigenvalue weighted by Gasteiger charge is -2.21. The van der Waals surface area contributed by atoms with Crippen LogP contribution >= 0.6 is 7.14 Å². The molecule has 0 heterocycles. The van der Waals surface area contributed by atoms with Gasteiger partial charge in [-0.25, -0.2) is 0 Å². The van der Waals surface area contributed by atoms with E-state index in [0.29, 0.717) is 10.9 Å². The van der Waals surface area contributed by atoms with Crippen LogP contribution in [-0.4, -0.2) is 6.29 Å². The maximum absolute atomic E-state index is 14.2. The van der Waals surface area contributed by atoms with Crippen LogP contribution in [0.5, 0.6) is 0 Å². The third kappa shape index (κ3) is 2.78. The van der Waals surface area contributed by atoms with Gasteiger partial charge in [-0.15, -0.1) is 0 Å². The van der Waals surface area contributed by atoms with Gasteiger partial charge in [0, 0.05) is 21.5 Å². The van der Waals surface area contributed by atoms with Crippen molar-refractivity contribution in [3.63, 3.8) is 0 Å². The smallest absolute Gasteiger partial charge is 0.171 e. The van der Waals surface area contributed by atoms with Crippen molar-refractivity contribution >= 4 is 29.3 Å². The fraction of sp³-hybridized carbons (Fsp3) is 0.0500. The van der Waals surface area contributed by atoms with Gasteiger partial charge < -0.3 is 4.57 Å². The first-order chi connectivity index (χ1) is 11.2. The van der Waals surface area contributed by atoms with E-state index in [9.17, 15) is 9.36 Å². The topological polar surface area (TPSA) is 34.1 Å². The first-order valence-corrected chi connectivity index (χ1v) is 9.14. The molecule has 3 rings (SSSR count). The van der Waals surface area contributed by atoms with Crippen molar-refractivity contribution in [2.45, 2.75) is 6.92 Å². The SMILES string of the molecule is Cc1ccc(C=O)c(P(=O)(c2ccccc2)c2ccccc2)c1. The second-order valence-electron chi connectivity index (χ2n) is 5.46. The van der Waals surface area contributed by atoms with E-state index in [-0.39, 0.29) is 0 Å². The minimum atomic E-state index is -3.09. The summed E-state index contributed by atoms with van der Waals surface area (Å²) in [6.45, 7) is 1.94. The molecule has 0 bridgehead atoms. The van der Waals surface area contributed by atoms with Crippen LogP contribution in [0.3, 0.4) is 0 Å². The van der Waals surface area contributed by atoms with Crippen molar-refractivity contribution in [1.82, 2.24) is 0 Å². The van der Waals surface area contributed by atoms with Crippen LogP contribution < -0.4 is 15.9 Å². The van der Waals surface area contributed by atoms with Crippen LogP contribution in [0.15, 0.2) is 78.9 Å². The standard InChI is InChI=1S/C20H17O2P/c1-16-12-13-17(15-21)20(14-16)23(22,18-8-4-2-5-9-18)19-10-6-3-7-11-19/h2-15H,1H3. The number of aryl methyl sites for hydroxylation is 1. The molecule has 0 saturated heterocycles. The average Bonchev–Trinajstić information content (AvgIpc) is 2.62. The van der Waals surface area contributed by atoms with Crippen molar-refractivity contribution in [2.24, 2.45) is 0 Å². The molecule has 0 radical (unpaired) electrons. The van der Waals surface area contributed by atoms with E-state index in [1.54, 1.807) is 6.07 Å². The Morgan fingerprint density at radius 1 is 0.783 bits per heavy atom. The first kappa shape index (κ1) is 15.5. The number of carbonyl (C=O) groups is 1. The lowest BCUT2D eigenvalue weighted by atomic mass is 10.2. The van der Waals surface area contributed by atoms with Crippen molar-refractivity contribution < 1.29 is 9.36 Å². The molecule has 0 aliphatic heterocycles. The Morgan fingerprint density at radius 3 is 1.78 bits per heavy atom. The van der Waals surface area contributed by atoms with Crippen LogP contribution in [0, 0.1) is 6.92 Å². The molecular formula is C20H17O2P. The monoisotopic (exact) mass is 320 g/mol. The highest BCUT2D eigenvalue weighted by atomic mass is 31.2. The molecular weight excluding hydrogens is 303 g/mol. The van der Waals surface area contributed by atoms with Gasteiger partial charge in [-0.3, -0.25) is 4.79 Å². The third-order valence-corrected chi connectivity index (χ3v) is 7.01. The summed E-state index contributed by atoms with van der Waals surface area (Å²) in [4.78, 5) is 11.5. The molecule has 0 N–H and O–H groups in total. The van der Waals surface area contributed by atoms with Gasteiger partial charge in [0.25, 0.3) is 0 Å². The molecule has 114 valence electrons. The summed E-state index contributed by atoms with van der Waals surface area (Å²) in [6, 6.07) is 24.2. The van der Waals surface area contributed by atoms with Crippen molar-refractivity contribution in [2.75, 3.05) is 0 Å². The highest BCUT2D eigenvalue weighted by molar-refractivity contribution is 7.85. The molecule has 3 heteroatoms. The van der Waals surface area contributed by atoms with Gasteiger partial charge in [-0.1, -0.05) is 78.4 Å². The maximum atomic E-state index is 14.2. The van der Waals surface area contributed by atoms with E-state index in [1.165, 1.54) is 0 Å². The fourth-order valence-electron chi connectivity index (χ4n) is 2.73. The van der Waals surface area contributed by atoms with Crippen LogP contribution in [-0.2, 0) is 4.57 Å². The summed E-state index contributed by atoms with van der Waals surface area (Å²) in [5.41, 5.74) is 1.46. The zero-order chi connectivity index (χ0) is 16.3. The molecule has 3 aromatic rings. The fourth-order valence-corrected chi connectivity index (χ4v) is 5.64. The highest BCUT2D eigenvalue weighted by Crippen LogP contribution is 2.43. The maximum Gasteiger partial charge on any atom is 0.171 e. The Morgan fingerprint density at radius 2 is 1.30 bits per heavy atom. The van der Waals surface area contributed by atoms with Crippen LogP contribution in [0.1, 0.15) is 15.9 Å². The van der Waals surface area contributed by atoms with Gasteiger partial charge in [0.1, 0.15) is 0 Å². The Kier molecular flexibility index (Phi) is 4.27. The molecule has 2 nitrogen and oxygen atoms in total. The second-order valence-corrected chi connectivity index (χ2v) is 8.19. The number of carbonyl (C=O) groups excluding carboxylic acids is 1. The average molecular weight is 320 g/mol. The lowest BCUT2D eigenvalue weighted by Crippen LogP contribution is -2.27. The zero-order valence-corrected chi connectivity index (χ0v) is 13.7. The van der Waals surface area contributed by atoms with Crippen molar-refractivity contribution in [3.8, 4) is 0 Å². The summed E-state index contributed by atoms with van der Waals surface area (Å²) in [5.74, 6) is 0. The van der Waals surface area contributed by atoms with Crippen molar-refractivity contribution in [3.05, 3.63) is 90.0 Å². The second kappa shape index (κ2) is 6.36. The molecule has 0 aromatic heterocycles. The van der Waals surface area contributed by atoms with E-state index in [1.807, 2.05) is 79.7 Å². The molecule has 0 spiro atoms. The van der Waals surface area contributed by atoms with Crippen LogP contribution in [0.25, 0.3) is 0 Å². The highest BCUT2D eigenvalue weighted by Gasteiger charge is 2.31. The minimum Gasteiger partial charge on any atom is -0.309 e. The van der Waals surface area contributed by atoms with Gasteiger partial charge in [-0.2, -0.15) is 0 Å². The van der Waals surface area contributed by atoms with Crippen molar-refractivity contribution in [1.29, 1.82) is 0 Å². The Balaban J connectivity index is 2.37. The quantitative estimate of drug-likeness (QED) is 0.545. The largest absolute Gasteiger partial charge is 0.309 e. The first-order valence-electron chi connectivity index (χ1n) is 7.44. The van der Waals surface area contributed by atoms with Gasteiger partial charge in [0.05, 0.1) is 0 Å². The van der Waals surface area contributed by atoms with Gasteiger partial charge in [-0.05, 0) is 13.0 Å². The molecule has 0 atom stereocenters. The molecule has 3 aromatic carbocycles. The number of rotatable bonds is 4. The molecule has 0 unspecified atom stereocenters. The predicted octanol–water partition coefficient (Wildman–Crippen LogP) is 3.45. The van der Waals surface area contributed by atoms with E-state index < -0.39 is 7.14 Å². The van der Waals surface area contributed by atoms with E-state index in [2.05, 4.69) is 0 Å². The Hall–Kier alpha value is -2.44. The predicted molar refractivity (Wildman–Crippen MR) is 96.0 cm³/mol. The number of hydrogen-bond acceptors (Lipinski definition) is 2. The third-order valence-electron chi connectivity index (χ3n) is 3.89. The normalized spacial score (nSPS) is 11.2. The van der Waals surface area contributed by atoms with Crippen LogP contribution in [0.4, 0.5) is 0 Å². The van der Waals surface area contributed by atoms with Crippen LogP contribution in [0.2, 0.25) is 0 Å². The summed E-state index contributed by atoms with van der Waals surface area (Å²) < 4.78 is 14.2. The number of aldehydes is 1. The minimum absolute atomic E-state index is 0.478. The van der Waals surface area contributed by atoms with Gasteiger partial charge in [0.15, 0.2) is 13.4 Å². The molecule has 23 heavy (non-hydrogen) atoms. The zero-order valence-electron chi connectivity index (χ0n) is 12.8. The van der Waals surface area contributed by atoms with E-state index in [0.717, 1.165) is 22.5 Å². The molecule has 0 saturated carbocycles. The molecule has 0 amide bonds. The number of benzene rings is 3. The summed E-state index contributed by atoms with van der Waals surface area (Å²) in [7, 11) is -3.09. The summed E-state index contributed by atoms with van der Waals surface area (Å²) in [6.07, 6.45) is 0.785. The lowest BCUT2D eigenvalue weighted by molar-refractivity contribution is 0.112. The number of hydrogen-bond donors (Lipinski definition) is 0. The Bertz CT molecular complexity index is 827. The van der Waals surface area contributed by atoms with E-state index in [4.69, 9.17) is 0 Å². The van der Waals surface area contributed by atoms with Gasteiger partial charge in [0.2, 0.25) is 0 Å². The molecule has 0 fully saturated rings. The summed E-state index contributed by atoms with van der Waals surface area (Å²) in [5, 5.41) is 2.07. The molecule has 0 aliphatic carbocycles. The Labute approximate surface area is 136 Å². The molecule has 0 aliphatic rings. The van der Waals surface area contributed by atoms with Gasteiger partial charge >= 0.3 is 0 Å².